The van der Waals surface area contributed by atoms with E-state index in [1.165, 1.54) is 13.0 Å². The van der Waals surface area contributed by atoms with Crippen molar-refractivity contribution in [2.45, 2.75) is 32.7 Å². The molecule has 0 N–H and O–H groups in total. The van der Waals surface area contributed by atoms with Gasteiger partial charge in [-0.25, -0.2) is 4.39 Å². The van der Waals surface area contributed by atoms with Gasteiger partial charge in [-0.05, 0) is 44.4 Å². The molecular formula is C13H19FS. The quantitative estimate of drug-likeness (QED) is 0.524. The summed E-state index contributed by atoms with van der Waals surface area (Å²) in [5.74, 6) is 0. The van der Waals surface area contributed by atoms with Gasteiger partial charge in [0.1, 0.15) is 0 Å². The first kappa shape index (κ1) is 14.2. The Morgan fingerprint density at radius 3 is 2.13 bits per heavy atom. The van der Waals surface area contributed by atoms with Gasteiger partial charge in [0, 0.05) is 5.57 Å². The minimum absolute atomic E-state index is 0.469. The normalized spacial score (nSPS) is 17.9. The van der Waals surface area contributed by atoms with E-state index in [2.05, 4.69) is 25.8 Å². The highest BCUT2D eigenvalue weighted by Gasteiger charge is 2.23. The Labute approximate surface area is 97.7 Å². The maximum absolute atomic E-state index is 13.7. The molecule has 0 amide bonds. The van der Waals surface area contributed by atoms with Gasteiger partial charge in [-0.1, -0.05) is 25.3 Å². The van der Waals surface area contributed by atoms with Crippen LogP contribution in [0.4, 0.5) is 4.39 Å². The zero-order valence-corrected chi connectivity index (χ0v) is 10.8. The van der Waals surface area contributed by atoms with Crippen molar-refractivity contribution >= 4 is 12.6 Å². The molecule has 0 nitrogen and oxygen atoms in total. The van der Waals surface area contributed by atoms with E-state index in [4.69, 9.17) is 0 Å². The predicted octanol–water partition coefficient (Wildman–Crippen LogP) is 4.63. The maximum atomic E-state index is 13.7. The molecule has 0 aliphatic rings. The van der Waals surface area contributed by atoms with E-state index < -0.39 is 5.00 Å². The van der Waals surface area contributed by atoms with Crippen LogP contribution >= 0.6 is 12.6 Å². The van der Waals surface area contributed by atoms with E-state index >= 15 is 0 Å². The van der Waals surface area contributed by atoms with Gasteiger partial charge >= 0.3 is 0 Å². The largest absolute Gasteiger partial charge is 0.227 e. The van der Waals surface area contributed by atoms with Crippen LogP contribution in [0.3, 0.4) is 0 Å². The summed E-state index contributed by atoms with van der Waals surface area (Å²) >= 11 is 3.91. The third-order valence-electron chi connectivity index (χ3n) is 2.46. The Kier molecular flexibility index (Phi) is 5.09. The first-order valence-electron chi connectivity index (χ1n) is 4.83. The van der Waals surface area contributed by atoms with Crippen molar-refractivity contribution in [3.63, 3.8) is 0 Å². The van der Waals surface area contributed by atoms with Crippen LogP contribution in [-0.2, 0) is 0 Å². The number of alkyl halides is 1. The Balaban J connectivity index is 5.42. The van der Waals surface area contributed by atoms with Crippen LogP contribution in [0.25, 0.3) is 0 Å². The lowest BCUT2D eigenvalue weighted by Crippen LogP contribution is -2.13. The molecule has 0 rings (SSSR count). The van der Waals surface area contributed by atoms with E-state index in [0.29, 0.717) is 5.57 Å². The van der Waals surface area contributed by atoms with Gasteiger partial charge in [0.2, 0.25) is 0 Å². The Morgan fingerprint density at radius 1 is 1.40 bits per heavy atom. The minimum atomic E-state index is -1.68. The molecule has 0 aromatic carbocycles. The van der Waals surface area contributed by atoms with E-state index in [1.807, 2.05) is 26.8 Å². The van der Waals surface area contributed by atoms with E-state index in [-0.39, 0.29) is 0 Å². The first-order valence-corrected chi connectivity index (χ1v) is 5.28. The number of hydrogen-bond donors (Lipinski definition) is 1. The third kappa shape index (κ3) is 3.71. The summed E-state index contributed by atoms with van der Waals surface area (Å²) in [4.78, 5) is 0. The second-order valence-electron chi connectivity index (χ2n) is 3.65. The highest BCUT2D eigenvalue weighted by molar-refractivity contribution is 7.81. The number of rotatable bonds is 4. The van der Waals surface area contributed by atoms with Crippen molar-refractivity contribution in [2.75, 3.05) is 0 Å². The molecule has 15 heavy (non-hydrogen) atoms. The van der Waals surface area contributed by atoms with E-state index in [0.717, 1.165) is 16.7 Å². The number of hydrogen-bond acceptors (Lipinski definition) is 1. The lowest BCUT2D eigenvalue weighted by atomic mass is 9.95. The van der Waals surface area contributed by atoms with Crippen LogP contribution in [0.1, 0.15) is 27.7 Å². The molecule has 1 atom stereocenters. The van der Waals surface area contributed by atoms with Crippen molar-refractivity contribution in [2.24, 2.45) is 0 Å². The molecule has 0 fully saturated rings. The molecule has 2 heteroatoms. The molecule has 84 valence electrons. The fraction of sp³-hybridized carbons (Fsp3) is 0.385. The van der Waals surface area contributed by atoms with Gasteiger partial charge in [0.25, 0.3) is 0 Å². The second-order valence-corrected chi connectivity index (χ2v) is 4.49. The van der Waals surface area contributed by atoms with Gasteiger partial charge in [-0.15, -0.1) is 12.6 Å². The van der Waals surface area contributed by atoms with Crippen LogP contribution in [0.5, 0.6) is 0 Å². The molecule has 0 saturated heterocycles. The summed E-state index contributed by atoms with van der Waals surface area (Å²) in [7, 11) is 0. The van der Waals surface area contributed by atoms with Gasteiger partial charge in [-0.3, -0.25) is 0 Å². The molecule has 1 unspecified atom stereocenters. The van der Waals surface area contributed by atoms with Crippen LogP contribution in [0.15, 0.2) is 47.6 Å². The van der Waals surface area contributed by atoms with Crippen molar-refractivity contribution in [3.8, 4) is 0 Å². The topological polar surface area (TPSA) is 0 Å². The molecule has 0 spiro atoms. The average Bonchev–Trinajstić information content (AvgIpc) is 2.14. The summed E-state index contributed by atoms with van der Waals surface area (Å²) in [5, 5.41) is -1.68. The standard InChI is InChI=1S/C13H19FS/c1-7-9(3)10(4)11(5)12(8-2)13(6,14)15/h7-8,15H,2,4H2,1,3,5-6H3/b9-7-,12-11-. The molecule has 0 aliphatic heterocycles. The SMILES string of the molecule is C=C/C(=C(\C)C(=C)/C(C)=C\C)C(C)(F)S. The molecule has 0 bridgehead atoms. The van der Waals surface area contributed by atoms with Gasteiger partial charge in [0.05, 0.1) is 0 Å². The predicted molar refractivity (Wildman–Crippen MR) is 70.0 cm³/mol. The maximum Gasteiger partial charge on any atom is 0.176 e. The summed E-state index contributed by atoms with van der Waals surface area (Å²) < 4.78 is 13.7. The van der Waals surface area contributed by atoms with E-state index in [9.17, 15) is 4.39 Å². The molecule has 0 aliphatic carbocycles. The molecule has 0 aromatic heterocycles. The smallest absolute Gasteiger partial charge is 0.176 e. The second kappa shape index (κ2) is 5.36. The number of allylic oxidation sites excluding steroid dienone is 5. The van der Waals surface area contributed by atoms with Gasteiger partial charge in [-0.2, -0.15) is 0 Å². The van der Waals surface area contributed by atoms with Crippen LogP contribution in [-0.4, -0.2) is 5.00 Å². The number of thiol groups is 1. The Bertz CT molecular complexity index is 327. The Hall–Kier alpha value is -0.760. The lowest BCUT2D eigenvalue weighted by Gasteiger charge is -2.19. The van der Waals surface area contributed by atoms with Crippen molar-refractivity contribution in [1.29, 1.82) is 0 Å². The molecule has 0 heterocycles. The van der Waals surface area contributed by atoms with Crippen molar-refractivity contribution < 1.29 is 4.39 Å². The fourth-order valence-electron chi connectivity index (χ4n) is 1.31. The average molecular weight is 226 g/mol. The van der Waals surface area contributed by atoms with Crippen molar-refractivity contribution in [3.05, 3.63) is 47.6 Å². The van der Waals surface area contributed by atoms with E-state index in [1.54, 1.807) is 0 Å². The minimum Gasteiger partial charge on any atom is -0.227 e. The molecular weight excluding hydrogens is 207 g/mol. The van der Waals surface area contributed by atoms with Gasteiger partial charge < -0.3 is 0 Å². The summed E-state index contributed by atoms with van der Waals surface area (Å²) in [6.45, 7) is 14.6. The first-order chi connectivity index (χ1) is 6.75. The highest BCUT2D eigenvalue weighted by atomic mass is 32.1. The van der Waals surface area contributed by atoms with Gasteiger partial charge in [0.15, 0.2) is 5.00 Å². The molecule has 0 saturated carbocycles. The monoisotopic (exact) mass is 226 g/mol. The van der Waals surface area contributed by atoms with Crippen LogP contribution in [0.2, 0.25) is 0 Å². The van der Waals surface area contributed by atoms with Crippen LogP contribution < -0.4 is 0 Å². The summed E-state index contributed by atoms with van der Waals surface area (Å²) in [5.41, 5.74) is 3.12. The fourth-order valence-corrected chi connectivity index (χ4v) is 1.57. The van der Waals surface area contributed by atoms with Crippen LogP contribution in [0, 0.1) is 0 Å². The lowest BCUT2D eigenvalue weighted by molar-refractivity contribution is 0.375. The zero-order valence-electron chi connectivity index (χ0n) is 9.89. The molecule has 0 radical (unpaired) electrons. The summed E-state index contributed by atoms with van der Waals surface area (Å²) in [6.07, 6.45) is 3.44. The third-order valence-corrected chi connectivity index (χ3v) is 2.70. The van der Waals surface area contributed by atoms with Crippen molar-refractivity contribution in [1.82, 2.24) is 0 Å². The Morgan fingerprint density at radius 2 is 1.87 bits per heavy atom. The highest BCUT2D eigenvalue weighted by Crippen LogP contribution is 2.32. The molecule has 0 aromatic rings. The number of halogens is 1. The summed E-state index contributed by atoms with van der Waals surface area (Å²) in [6, 6.07) is 0. The zero-order chi connectivity index (χ0) is 12.2.